The van der Waals surface area contributed by atoms with Crippen LogP contribution in [0.4, 0.5) is 5.82 Å². The summed E-state index contributed by atoms with van der Waals surface area (Å²) in [5, 5.41) is 7.08. The van der Waals surface area contributed by atoms with Crippen LogP contribution >= 0.6 is 0 Å². The quantitative estimate of drug-likeness (QED) is 0.134. The van der Waals surface area contributed by atoms with Crippen molar-refractivity contribution in [2.75, 3.05) is 31.1 Å². The Morgan fingerprint density at radius 2 is 1.08 bits per heavy atom. The molecule has 0 aliphatic carbocycles. The topological polar surface area (TPSA) is 102 Å². The molecule has 0 amide bonds. The molecule has 248 valence electrons. The van der Waals surface area contributed by atoms with Gasteiger partial charge in [-0.05, 0) is 93.4 Å². The van der Waals surface area contributed by atoms with E-state index in [-0.39, 0.29) is 0 Å². The molecular weight excluding hydrogens is 607 g/mol. The maximum atomic E-state index is 4.98. The lowest BCUT2D eigenvalue weighted by atomic mass is 10.1. The van der Waals surface area contributed by atoms with E-state index in [2.05, 4.69) is 103 Å². The number of benzene rings is 2. The molecular formula is C40H43N9. The molecule has 2 atom stereocenters. The highest BCUT2D eigenvalue weighted by atomic mass is 15.2. The van der Waals surface area contributed by atoms with Gasteiger partial charge in [0.25, 0.3) is 0 Å². The van der Waals surface area contributed by atoms with Crippen molar-refractivity contribution < 1.29 is 0 Å². The Kier molecular flexibility index (Phi) is 8.07. The van der Waals surface area contributed by atoms with Crippen molar-refractivity contribution in [1.29, 1.82) is 0 Å². The van der Waals surface area contributed by atoms with Gasteiger partial charge in [-0.1, -0.05) is 48.5 Å². The summed E-state index contributed by atoms with van der Waals surface area (Å²) in [6, 6.07) is 27.1. The minimum atomic E-state index is 0.324. The van der Waals surface area contributed by atoms with E-state index in [0.717, 1.165) is 107 Å². The number of H-pyrrole nitrogens is 2. The number of anilines is 1. The zero-order valence-electron chi connectivity index (χ0n) is 27.8. The van der Waals surface area contributed by atoms with Crippen LogP contribution in [0, 0.1) is 0 Å². The van der Waals surface area contributed by atoms with E-state index in [1.807, 2.05) is 18.6 Å². The van der Waals surface area contributed by atoms with Crippen LogP contribution in [0.2, 0.25) is 0 Å². The van der Waals surface area contributed by atoms with Crippen LogP contribution in [0.3, 0.4) is 0 Å². The SMILES string of the molecule is c1cc(-c2ccc(-c3ccc(-c4c[nH]c([C@@H]5CCCN5)n4)cc3)n2-c2ccc(N3CCCCC3)nc2)ccc1-c1c[nH]c([C@@H]2CCCN2)n1. The Bertz CT molecular complexity index is 1880. The molecule has 49 heavy (non-hydrogen) atoms. The predicted octanol–water partition coefficient (Wildman–Crippen LogP) is 7.83. The lowest BCUT2D eigenvalue weighted by Crippen LogP contribution is -2.30. The summed E-state index contributed by atoms with van der Waals surface area (Å²) in [5.74, 6) is 3.12. The third kappa shape index (κ3) is 5.98. The van der Waals surface area contributed by atoms with Crippen molar-refractivity contribution in [3.63, 3.8) is 0 Å². The van der Waals surface area contributed by atoms with Gasteiger partial charge in [0.1, 0.15) is 17.5 Å². The van der Waals surface area contributed by atoms with Crippen LogP contribution in [-0.4, -0.2) is 55.7 Å². The van der Waals surface area contributed by atoms with E-state index < -0.39 is 0 Å². The molecule has 0 spiro atoms. The molecule has 9 heteroatoms. The minimum Gasteiger partial charge on any atom is -0.357 e. The molecule has 7 heterocycles. The molecule has 3 saturated heterocycles. The summed E-state index contributed by atoms with van der Waals surface area (Å²) >= 11 is 0. The Morgan fingerprint density at radius 1 is 0.551 bits per heavy atom. The van der Waals surface area contributed by atoms with Crippen LogP contribution in [0.25, 0.3) is 50.7 Å². The fourth-order valence-electron chi connectivity index (χ4n) is 7.77. The summed E-state index contributed by atoms with van der Waals surface area (Å²) in [6.45, 7) is 4.27. The van der Waals surface area contributed by atoms with E-state index in [1.165, 1.54) is 32.1 Å². The lowest BCUT2D eigenvalue weighted by Gasteiger charge is -2.27. The molecule has 9 nitrogen and oxygen atoms in total. The number of hydrogen-bond donors (Lipinski definition) is 4. The van der Waals surface area contributed by atoms with Crippen molar-refractivity contribution in [3.05, 3.63) is 103 Å². The maximum absolute atomic E-state index is 4.98. The third-order valence-corrected chi connectivity index (χ3v) is 10.5. The van der Waals surface area contributed by atoms with Crippen molar-refractivity contribution in [2.45, 2.75) is 57.0 Å². The molecule has 0 bridgehead atoms. The average molecular weight is 650 g/mol. The summed E-state index contributed by atoms with van der Waals surface area (Å²) in [6.07, 6.45) is 14.5. The standard InChI is InChI=1S/C40H43N9/c1-2-22-48(23-3-1)38-19-16-31(24-43-38)49-36(29-12-8-27(9-13-29)34-25-44-39(46-34)32-6-4-20-41-32)17-18-37(49)30-14-10-28(11-15-30)35-26-45-40(47-35)33-7-5-21-42-33/h8-19,24-26,32-33,41-42H,1-7,20-23H2,(H,44,46)(H,45,47)/t32-,33-/m0/s1. The van der Waals surface area contributed by atoms with Gasteiger partial charge in [0.15, 0.2) is 0 Å². The summed E-state index contributed by atoms with van der Waals surface area (Å²) in [4.78, 5) is 24.0. The van der Waals surface area contributed by atoms with Gasteiger partial charge in [-0.15, -0.1) is 0 Å². The van der Waals surface area contributed by atoms with Crippen molar-refractivity contribution in [1.82, 2.24) is 40.1 Å². The van der Waals surface area contributed by atoms with Gasteiger partial charge in [-0.2, -0.15) is 0 Å². The highest BCUT2D eigenvalue weighted by Crippen LogP contribution is 2.35. The van der Waals surface area contributed by atoms with Crippen LogP contribution < -0.4 is 15.5 Å². The van der Waals surface area contributed by atoms with Gasteiger partial charge >= 0.3 is 0 Å². The highest BCUT2D eigenvalue weighted by molar-refractivity contribution is 5.76. The normalized spacial score (nSPS) is 19.6. The largest absolute Gasteiger partial charge is 0.357 e. The monoisotopic (exact) mass is 649 g/mol. The first kappa shape index (κ1) is 30.1. The number of aromatic nitrogens is 6. The predicted molar refractivity (Wildman–Crippen MR) is 196 cm³/mol. The van der Waals surface area contributed by atoms with Crippen molar-refractivity contribution >= 4 is 5.82 Å². The molecule has 6 aromatic rings. The summed E-state index contributed by atoms with van der Waals surface area (Å²) < 4.78 is 2.34. The fraction of sp³-hybridized carbons (Fsp3) is 0.325. The number of aromatic amines is 2. The van der Waals surface area contributed by atoms with Crippen LogP contribution in [0.15, 0.2) is 91.4 Å². The first-order valence-electron chi connectivity index (χ1n) is 18.0. The number of hydrogen-bond acceptors (Lipinski definition) is 6. The second-order valence-electron chi connectivity index (χ2n) is 13.7. The van der Waals surface area contributed by atoms with Gasteiger partial charge in [0.05, 0.1) is 46.7 Å². The second-order valence-corrected chi connectivity index (χ2v) is 13.7. The molecule has 4 aromatic heterocycles. The molecule has 3 fully saturated rings. The Balaban J connectivity index is 1.04. The lowest BCUT2D eigenvalue weighted by molar-refractivity contribution is 0.573. The molecule has 0 radical (unpaired) electrons. The van der Waals surface area contributed by atoms with Crippen LogP contribution in [0.5, 0.6) is 0 Å². The molecule has 0 saturated carbocycles. The number of pyridine rings is 1. The van der Waals surface area contributed by atoms with Crippen molar-refractivity contribution in [3.8, 4) is 50.7 Å². The zero-order valence-corrected chi connectivity index (χ0v) is 27.8. The number of nitrogens with one attached hydrogen (secondary N) is 4. The Hall–Kier alpha value is -4.99. The third-order valence-electron chi connectivity index (χ3n) is 10.5. The first-order valence-corrected chi connectivity index (χ1v) is 18.0. The van der Waals surface area contributed by atoms with E-state index in [9.17, 15) is 0 Å². The zero-order chi connectivity index (χ0) is 32.6. The highest BCUT2D eigenvalue weighted by Gasteiger charge is 2.22. The van der Waals surface area contributed by atoms with E-state index in [0.29, 0.717) is 12.1 Å². The molecule has 3 aliphatic heterocycles. The first-order chi connectivity index (χ1) is 24.3. The molecule has 0 unspecified atom stereocenters. The fourth-order valence-corrected chi connectivity index (χ4v) is 7.77. The smallest absolute Gasteiger partial charge is 0.128 e. The summed E-state index contributed by atoms with van der Waals surface area (Å²) in [5.41, 5.74) is 9.75. The van der Waals surface area contributed by atoms with Crippen molar-refractivity contribution in [2.24, 2.45) is 0 Å². The van der Waals surface area contributed by atoms with Gasteiger partial charge < -0.3 is 30.1 Å². The second kappa shape index (κ2) is 13.1. The minimum absolute atomic E-state index is 0.324. The van der Waals surface area contributed by atoms with Crippen LogP contribution in [-0.2, 0) is 0 Å². The van der Waals surface area contributed by atoms with E-state index in [4.69, 9.17) is 15.0 Å². The Labute approximate surface area is 287 Å². The number of piperidine rings is 1. The molecule has 2 aromatic carbocycles. The van der Waals surface area contributed by atoms with E-state index in [1.54, 1.807) is 0 Å². The maximum Gasteiger partial charge on any atom is 0.128 e. The molecule has 9 rings (SSSR count). The van der Waals surface area contributed by atoms with Gasteiger partial charge in [0.2, 0.25) is 0 Å². The Morgan fingerprint density at radius 3 is 1.55 bits per heavy atom. The van der Waals surface area contributed by atoms with Gasteiger partial charge in [-0.25, -0.2) is 15.0 Å². The number of rotatable bonds is 8. The van der Waals surface area contributed by atoms with E-state index >= 15 is 0 Å². The number of imidazole rings is 2. The van der Waals surface area contributed by atoms with Gasteiger partial charge in [0, 0.05) is 36.6 Å². The molecule has 4 N–H and O–H groups in total. The molecule has 3 aliphatic rings. The summed E-state index contributed by atoms with van der Waals surface area (Å²) in [7, 11) is 0. The average Bonchev–Trinajstić information content (AvgIpc) is 4.02. The van der Waals surface area contributed by atoms with Gasteiger partial charge in [-0.3, -0.25) is 0 Å². The van der Waals surface area contributed by atoms with Crippen LogP contribution in [0.1, 0.15) is 68.7 Å². The number of nitrogens with zero attached hydrogens (tertiary/aromatic N) is 5.